The van der Waals surface area contributed by atoms with Crippen LogP contribution in [0.15, 0.2) is 0 Å². The second kappa shape index (κ2) is 9.28. The minimum Gasteiger partial charge on any atom is -0.354 e. The molecule has 0 bridgehead atoms. The van der Waals surface area contributed by atoms with Gasteiger partial charge in [-0.1, -0.05) is 13.8 Å². The van der Waals surface area contributed by atoms with Crippen molar-refractivity contribution in [2.24, 2.45) is 0 Å². The van der Waals surface area contributed by atoms with Gasteiger partial charge < -0.3 is 23.7 Å². The molecule has 7 nitrogen and oxygen atoms in total. The van der Waals surface area contributed by atoms with Gasteiger partial charge >= 0.3 is 0 Å². The number of hydrogen-bond acceptors (Lipinski definition) is 6. The van der Waals surface area contributed by atoms with Crippen molar-refractivity contribution in [3.63, 3.8) is 0 Å². The van der Waals surface area contributed by atoms with Crippen molar-refractivity contribution in [2.75, 3.05) is 20.8 Å². The Morgan fingerprint density at radius 3 is 2.36 bits per heavy atom. The average Bonchev–Trinajstić information content (AvgIpc) is 2.87. The molecule has 2 aliphatic rings. The van der Waals surface area contributed by atoms with Crippen LogP contribution in [-0.2, 0) is 28.5 Å². The van der Waals surface area contributed by atoms with E-state index in [9.17, 15) is 0 Å². The summed E-state index contributed by atoms with van der Waals surface area (Å²) in [7, 11) is 3.25. The third kappa shape index (κ3) is 6.18. The Hall–Kier alpha value is -0.730. The molecule has 0 unspecified atom stereocenters. The minimum atomic E-state index is -0.716. The lowest BCUT2D eigenvalue weighted by atomic mass is 10.0. The topological polar surface area (TPSA) is 58.4 Å². The summed E-state index contributed by atoms with van der Waals surface area (Å²) in [5.74, 6) is -1.37. The molecular weight excluding hydrogens is 326 g/mol. The van der Waals surface area contributed by atoms with E-state index in [4.69, 9.17) is 28.5 Å². The minimum absolute atomic E-state index is 0.162. The van der Waals surface area contributed by atoms with Gasteiger partial charge in [-0.3, -0.25) is 4.84 Å². The molecule has 2 fully saturated rings. The van der Waals surface area contributed by atoms with Gasteiger partial charge in [-0.25, -0.2) is 0 Å². The molecule has 0 aliphatic carbocycles. The van der Waals surface area contributed by atoms with E-state index < -0.39 is 17.9 Å². The molecule has 2 rings (SSSR count). The van der Waals surface area contributed by atoms with Gasteiger partial charge in [0.1, 0.15) is 13.2 Å². The Morgan fingerprint density at radius 2 is 1.84 bits per heavy atom. The number of fused-ring (bicyclic) bond motifs is 1. The standard InChI is InChI=1S/C16H30NO6.C2H6/c1-8-17(19-7)10-13-11(21-15(2,3)18-6)9-12-14(20-13)23-16(4,5)22-12;1-2/h10-14H,8-9H2,1-7H3;1-2H3/q+1;/b17-10-;/t11-,12-,13-,14-;/m1./s1. The maximum Gasteiger partial charge on any atom is 0.224 e. The van der Waals surface area contributed by atoms with Crippen LogP contribution in [0, 0.1) is 0 Å². The summed E-state index contributed by atoms with van der Waals surface area (Å²) in [6, 6.07) is 0. The van der Waals surface area contributed by atoms with Crippen molar-refractivity contribution in [1.29, 1.82) is 0 Å². The van der Waals surface area contributed by atoms with Crippen LogP contribution >= 0.6 is 0 Å². The lowest BCUT2D eigenvalue weighted by molar-refractivity contribution is -0.776. The first-order chi connectivity index (χ1) is 11.7. The molecule has 0 aromatic rings. The molecule has 0 amide bonds. The maximum atomic E-state index is 6.11. The highest BCUT2D eigenvalue weighted by molar-refractivity contribution is 5.58. The molecule has 7 heteroatoms. The van der Waals surface area contributed by atoms with Crippen molar-refractivity contribution in [3.05, 3.63) is 0 Å². The van der Waals surface area contributed by atoms with Gasteiger partial charge in [-0.2, -0.15) is 0 Å². The van der Waals surface area contributed by atoms with Crippen molar-refractivity contribution < 1.29 is 33.3 Å². The molecule has 2 aliphatic heterocycles. The van der Waals surface area contributed by atoms with E-state index in [0.717, 1.165) is 0 Å². The fraction of sp³-hybridized carbons (Fsp3) is 0.944. The van der Waals surface area contributed by atoms with Crippen molar-refractivity contribution >= 4 is 6.21 Å². The fourth-order valence-electron chi connectivity index (χ4n) is 2.80. The number of nitrogens with zero attached hydrogens (tertiary/aromatic N) is 1. The van der Waals surface area contributed by atoms with Crippen LogP contribution in [0.1, 0.15) is 54.9 Å². The number of rotatable bonds is 6. The predicted octanol–water partition coefficient (Wildman–Crippen LogP) is 2.71. The molecule has 0 spiro atoms. The van der Waals surface area contributed by atoms with Crippen molar-refractivity contribution in [2.45, 2.75) is 91.1 Å². The predicted molar refractivity (Wildman–Crippen MR) is 94.5 cm³/mol. The Bertz CT molecular complexity index is 431. The first-order valence-corrected chi connectivity index (χ1v) is 9.09. The summed E-state index contributed by atoms with van der Waals surface area (Å²) in [6.07, 6.45) is 1.41. The van der Waals surface area contributed by atoms with E-state index in [0.29, 0.717) is 13.0 Å². The molecule has 0 N–H and O–H groups in total. The molecule has 2 saturated heterocycles. The van der Waals surface area contributed by atoms with Crippen LogP contribution in [0.2, 0.25) is 0 Å². The van der Waals surface area contributed by atoms with Gasteiger partial charge in [0.25, 0.3) is 0 Å². The molecule has 2 heterocycles. The van der Waals surface area contributed by atoms with Crippen LogP contribution in [0.5, 0.6) is 0 Å². The summed E-state index contributed by atoms with van der Waals surface area (Å²) in [5.41, 5.74) is 0. The van der Waals surface area contributed by atoms with Crippen LogP contribution < -0.4 is 0 Å². The first-order valence-electron chi connectivity index (χ1n) is 9.09. The number of ether oxygens (including phenoxy) is 5. The maximum absolute atomic E-state index is 6.11. The van der Waals surface area contributed by atoms with Crippen molar-refractivity contribution in [3.8, 4) is 0 Å². The second-order valence-corrected chi connectivity index (χ2v) is 6.70. The van der Waals surface area contributed by atoms with Crippen LogP contribution in [0.25, 0.3) is 0 Å². The van der Waals surface area contributed by atoms with E-state index in [1.807, 2.05) is 54.7 Å². The first kappa shape index (κ1) is 22.3. The normalized spacial score (nSPS) is 31.8. The Kier molecular flexibility index (Phi) is 8.28. The van der Waals surface area contributed by atoms with Gasteiger partial charge in [-0.15, -0.1) is 0 Å². The van der Waals surface area contributed by atoms with Crippen LogP contribution in [0.3, 0.4) is 0 Å². The molecule has 25 heavy (non-hydrogen) atoms. The summed E-state index contributed by atoms with van der Waals surface area (Å²) in [5, 5.41) is 0. The molecule has 0 saturated carbocycles. The van der Waals surface area contributed by atoms with Gasteiger partial charge in [-0.05, 0) is 39.4 Å². The number of hydrogen-bond donors (Lipinski definition) is 0. The Morgan fingerprint density at radius 1 is 1.20 bits per heavy atom. The monoisotopic (exact) mass is 362 g/mol. The van der Waals surface area contributed by atoms with Crippen LogP contribution in [0.4, 0.5) is 0 Å². The smallest absolute Gasteiger partial charge is 0.224 e. The van der Waals surface area contributed by atoms with E-state index in [1.54, 1.807) is 19.0 Å². The molecule has 0 aromatic carbocycles. The lowest BCUT2D eigenvalue weighted by Crippen LogP contribution is -2.51. The fourth-order valence-corrected chi connectivity index (χ4v) is 2.80. The zero-order valence-corrected chi connectivity index (χ0v) is 17.2. The Balaban J connectivity index is 0.00000151. The van der Waals surface area contributed by atoms with Gasteiger partial charge in [0.05, 0.1) is 6.10 Å². The zero-order chi connectivity index (χ0) is 19.3. The highest BCUT2D eigenvalue weighted by atomic mass is 16.8. The zero-order valence-electron chi connectivity index (χ0n) is 17.2. The van der Waals surface area contributed by atoms with E-state index in [-0.39, 0.29) is 18.3 Å². The van der Waals surface area contributed by atoms with E-state index >= 15 is 0 Å². The van der Waals surface area contributed by atoms with Crippen molar-refractivity contribution in [1.82, 2.24) is 0 Å². The summed E-state index contributed by atoms with van der Waals surface area (Å²) in [4.78, 5) is 5.30. The molecular formula is C18H36NO6+. The van der Waals surface area contributed by atoms with Gasteiger partial charge in [0, 0.05) is 13.5 Å². The molecule has 0 aromatic heterocycles. The SMILES string of the molecule is CC.CC/[N+](=C/[C@H]1O[C@@H]2OC(C)(C)O[C@@H]2C[C@H]1OC(C)(C)OC)OC. The van der Waals surface area contributed by atoms with Gasteiger partial charge in [0.2, 0.25) is 6.21 Å². The summed E-state index contributed by atoms with van der Waals surface area (Å²) in [6.45, 7) is 14.2. The lowest BCUT2D eigenvalue weighted by Gasteiger charge is -2.37. The highest BCUT2D eigenvalue weighted by Gasteiger charge is 2.51. The van der Waals surface area contributed by atoms with E-state index in [1.165, 1.54) is 0 Å². The third-order valence-electron chi connectivity index (χ3n) is 4.05. The second-order valence-electron chi connectivity index (χ2n) is 6.70. The summed E-state index contributed by atoms with van der Waals surface area (Å²) >= 11 is 0. The largest absolute Gasteiger partial charge is 0.354 e. The average molecular weight is 362 g/mol. The molecule has 0 radical (unpaired) electrons. The quantitative estimate of drug-likeness (QED) is 0.313. The molecule has 4 atom stereocenters. The highest BCUT2D eigenvalue weighted by Crippen LogP contribution is 2.37. The number of hydroxylamine groups is 1. The number of methoxy groups -OCH3 is 1. The van der Waals surface area contributed by atoms with Gasteiger partial charge in [0.15, 0.2) is 30.5 Å². The third-order valence-corrected chi connectivity index (χ3v) is 4.05. The van der Waals surface area contributed by atoms with E-state index in [2.05, 4.69) is 0 Å². The van der Waals surface area contributed by atoms with Crippen LogP contribution in [-0.4, -0.2) is 67.9 Å². The summed E-state index contributed by atoms with van der Waals surface area (Å²) < 4.78 is 31.0. The Labute approximate surface area is 152 Å². The molecule has 148 valence electrons.